The average molecular weight is 317 g/mol. The molecular formula is C20H20BNO2. The number of hydrogen-bond acceptors (Lipinski definition) is 3. The highest BCUT2D eigenvalue weighted by Crippen LogP contribution is 2.33. The van der Waals surface area contributed by atoms with Gasteiger partial charge in [-0.3, -0.25) is 0 Å². The van der Waals surface area contributed by atoms with Crippen molar-refractivity contribution in [2.75, 3.05) is 13.6 Å². The van der Waals surface area contributed by atoms with Gasteiger partial charge in [0.25, 0.3) is 0 Å². The van der Waals surface area contributed by atoms with E-state index in [9.17, 15) is 10.0 Å². The molecule has 0 bridgehead atoms. The number of fused-ring (bicyclic) bond motifs is 2. The topological polar surface area (TPSA) is 43.7 Å². The Morgan fingerprint density at radius 3 is 2.54 bits per heavy atom. The molecule has 1 aliphatic heterocycles. The highest BCUT2D eigenvalue weighted by Gasteiger charge is 2.26. The monoisotopic (exact) mass is 317 g/mol. The minimum absolute atomic E-state index is 0.299. The zero-order valence-electron chi connectivity index (χ0n) is 13.7. The quantitative estimate of drug-likeness (QED) is 0.712. The number of benzene rings is 3. The molecule has 24 heavy (non-hydrogen) atoms. The lowest BCUT2D eigenvalue weighted by atomic mass is 9.76. The van der Waals surface area contributed by atoms with Crippen molar-refractivity contribution in [3.63, 3.8) is 0 Å². The molecule has 0 amide bonds. The Morgan fingerprint density at radius 2 is 1.75 bits per heavy atom. The van der Waals surface area contributed by atoms with Crippen LogP contribution in [0.4, 0.5) is 0 Å². The minimum Gasteiger partial charge on any atom is -0.423 e. The van der Waals surface area contributed by atoms with Gasteiger partial charge in [0.15, 0.2) is 0 Å². The van der Waals surface area contributed by atoms with Gasteiger partial charge in [0.1, 0.15) is 0 Å². The first-order chi connectivity index (χ1) is 11.6. The summed E-state index contributed by atoms with van der Waals surface area (Å²) < 4.78 is 0. The van der Waals surface area contributed by atoms with Crippen molar-refractivity contribution in [1.82, 2.24) is 4.90 Å². The summed E-state index contributed by atoms with van der Waals surface area (Å²) in [6.45, 7) is 1.80. The van der Waals surface area contributed by atoms with Gasteiger partial charge in [0.05, 0.1) is 0 Å². The first-order valence-electron chi connectivity index (χ1n) is 8.28. The summed E-state index contributed by atoms with van der Waals surface area (Å²) >= 11 is 0. The van der Waals surface area contributed by atoms with Gasteiger partial charge in [-0.15, -0.1) is 0 Å². The lowest BCUT2D eigenvalue weighted by Crippen LogP contribution is -2.35. The summed E-state index contributed by atoms with van der Waals surface area (Å²) in [7, 11) is 0.695. The van der Waals surface area contributed by atoms with Crippen LogP contribution in [0.2, 0.25) is 0 Å². The van der Waals surface area contributed by atoms with Crippen molar-refractivity contribution in [3.8, 4) is 0 Å². The van der Waals surface area contributed by atoms with E-state index in [1.54, 1.807) is 0 Å². The number of nitrogens with zero attached hydrogens (tertiary/aromatic N) is 1. The van der Waals surface area contributed by atoms with Gasteiger partial charge in [-0.05, 0) is 40.0 Å². The van der Waals surface area contributed by atoms with Crippen molar-refractivity contribution in [3.05, 3.63) is 77.4 Å². The maximum Gasteiger partial charge on any atom is 0.488 e. The molecule has 1 atom stereocenters. The van der Waals surface area contributed by atoms with E-state index in [1.807, 2.05) is 12.1 Å². The first kappa shape index (κ1) is 15.4. The number of likely N-dealkylation sites (N-methyl/N-ethyl adjacent to an activating group) is 1. The summed E-state index contributed by atoms with van der Waals surface area (Å²) in [5.74, 6) is 0.299. The molecule has 3 aromatic rings. The van der Waals surface area contributed by atoms with Crippen LogP contribution in [-0.4, -0.2) is 35.7 Å². The zero-order valence-corrected chi connectivity index (χ0v) is 13.7. The van der Waals surface area contributed by atoms with Gasteiger partial charge >= 0.3 is 7.12 Å². The second-order valence-electron chi connectivity index (χ2n) is 6.69. The van der Waals surface area contributed by atoms with E-state index in [1.165, 1.54) is 27.5 Å². The number of hydrogen-bond donors (Lipinski definition) is 2. The maximum atomic E-state index is 9.43. The molecule has 0 spiro atoms. The maximum absolute atomic E-state index is 9.43. The fourth-order valence-electron chi connectivity index (χ4n) is 3.74. The Labute approximate surface area is 142 Å². The van der Waals surface area contributed by atoms with Crippen LogP contribution < -0.4 is 5.46 Å². The highest BCUT2D eigenvalue weighted by molar-refractivity contribution is 6.58. The molecule has 0 saturated carbocycles. The van der Waals surface area contributed by atoms with Crippen LogP contribution in [0.15, 0.2) is 60.7 Å². The molecule has 3 nitrogen and oxygen atoms in total. The standard InChI is InChI=1S/C20H20BNO2/c1-22-12-17-11-18(21(23)24)8-9-19(17)20(13-22)16-7-6-14-4-2-3-5-15(14)10-16/h2-11,20,23-24H,12-13H2,1H3. The first-order valence-corrected chi connectivity index (χ1v) is 8.28. The molecule has 0 fully saturated rings. The number of rotatable bonds is 2. The summed E-state index contributed by atoms with van der Waals surface area (Å²) in [6, 6.07) is 20.9. The third-order valence-electron chi connectivity index (χ3n) is 4.95. The van der Waals surface area contributed by atoms with E-state index in [2.05, 4.69) is 60.5 Å². The molecule has 3 aromatic carbocycles. The predicted molar refractivity (Wildman–Crippen MR) is 98.4 cm³/mol. The molecule has 0 aliphatic carbocycles. The van der Waals surface area contributed by atoms with Crippen molar-refractivity contribution in [2.24, 2.45) is 0 Å². The Kier molecular flexibility index (Phi) is 3.89. The Morgan fingerprint density at radius 1 is 0.958 bits per heavy atom. The second kappa shape index (κ2) is 6.06. The molecule has 0 saturated heterocycles. The molecule has 120 valence electrons. The van der Waals surface area contributed by atoms with Gasteiger partial charge in [-0.2, -0.15) is 0 Å². The van der Waals surface area contributed by atoms with Crippen LogP contribution >= 0.6 is 0 Å². The molecule has 4 heteroatoms. The fourth-order valence-corrected chi connectivity index (χ4v) is 3.74. The van der Waals surface area contributed by atoms with Gasteiger partial charge < -0.3 is 14.9 Å². The van der Waals surface area contributed by atoms with Crippen LogP contribution in [0.5, 0.6) is 0 Å². The van der Waals surface area contributed by atoms with Gasteiger partial charge in [0, 0.05) is 19.0 Å². The molecule has 1 aliphatic rings. The van der Waals surface area contributed by atoms with E-state index in [4.69, 9.17) is 0 Å². The molecule has 4 rings (SSSR count). The zero-order chi connectivity index (χ0) is 16.7. The van der Waals surface area contributed by atoms with Crippen LogP contribution in [0.3, 0.4) is 0 Å². The highest BCUT2D eigenvalue weighted by atomic mass is 16.4. The van der Waals surface area contributed by atoms with Crippen LogP contribution in [0.1, 0.15) is 22.6 Å². The molecule has 0 radical (unpaired) electrons. The summed E-state index contributed by atoms with van der Waals surface area (Å²) in [4.78, 5) is 2.29. The SMILES string of the molecule is CN1Cc2cc(B(O)O)ccc2C(c2ccc3ccccc3c2)C1. The molecule has 0 aromatic heterocycles. The van der Waals surface area contributed by atoms with E-state index in [-0.39, 0.29) is 0 Å². The van der Waals surface area contributed by atoms with Crippen molar-refractivity contribution < 1.29 is 10.0 Å². The van der Waals surface area contributed by atoms with Crippen LogP contribution in [0.25, 0.3) is 10.8 Å². The largest absolute Gasteiger partial charge is 0.488 e. The van der Waals surface area contributed by atoms with Gasteiger partial charge in [-0.1, -0.05) is 60.7 Å². The fraction of sp³-hybridized carbons (Fsp3) is 0.200. The van der Waals surface area contributed by atoms with E-state index in [0.717, 1.165) is 13.1 Å². The summed E-state index contributed by atoms with van der Waals surface area (Å²) in [6.07, 6.45) is 0. The Balaban J connectivity index is 1.80. The third-order valence-corrected chi connectivity index (χ3v) is 4.95. The van der Waals surface area contributed by atoms with Crippen LogP contribution in [0, 0.1) is 0 Å². The van der Waals surface area contributed by atoms with Gasteiger partial charge in [-0.25, -0.2) is 0 Å². The lowest BCUT2D eigenvalue weighted by Gasteiger charge is -2.33. The summed E-state index contributed by atoms with van der Waals surface area (Å²) in [5.41, 5.74) is 4.32. The molecule has 1 heterocycles. The minimum atomic E-state index is -1.42. The van der Waals surface area contributed by atoms with Gasteiger partial charge in [0.2, 0.25) is 0 Å². The average Bonchev–Trinajstić information content (AvgIpc) is 2.60. The predicted octanol–water partition coefficient (Wildman–Crippen LogP) is 2.10. The molecule has 1 unspecified atom stereocenters. The van der Waals surface area contributed by atoms with E-state index in [0.29, 0.717) is 11.4 Å². The smallest absolute Gasteiger partial charge is 0.423 e. The van der Waals surface area contributed by atoms with Crippen molar-refractivity contribution in [2.45, 2.75) is 12.5 Å². The van der Waals surface area contributed by atoms with Crippen molar-refractivity contribution >= 4 is 23.4 Å². The van der Waals surface area contributed by atoms with Crippen LogP contribution in [-0.2, 0) is 6.54 Å². The Hall–Kier alpha value is -2.14. The molecule has 2 N–H and O–H groups in total. The molecular weight excluding hydrogens is 297 g/mol. The second-order valence-corrected chi connectivity index (χ2v) is 6.69. The van der Waals surface area contributed by atoms with E-state index >= 15 is 0 Å². The summed E-state index contributed by atoms with van der Waals surface area (Å²) in [5, 5.41) is 21.4. The van der Waals surface area contributed by atoms with E-state index < -0.39 is 7.12 Å². The normalized spacial score (nSPS) is 17.7. The Bertz CT molecular complexity index is 894. The third kappa shape index (κ3) is 2.73. The van der Waals surface area contributed by atoms with Crippen molar-refractivity contribution in [1.29, 1.82) is 0 Å². The lowest BCUT2D eigenvalue weighted by molar-refractivity contribution is 0.295.